The molecular weight excluding hydrogens is 396 g/mol. The molecule has 1 atom stereocenters. The standard InChI is InChI=1S/C24H34N2O5/c1-4-31-23-7-5-6-19(24(23)28)16-25-9-10-26(20(17-25)8-11-27)15-18-12-21(29-2)14-22(13-18)30-3/h5-7,12-14,20,27-28H,4,8-11,15-17H2,1-3H3/t20-/m0/s1. The average molecular weight is 431 g/mol. The number of phenolic OH excluding ortho intramolecular Hbond substituents is 1. The van der Waals surface area contributed by atoms with E-state index in [1.807, 2.05) is 37.3 Å². The zero-order chi connectivity index (χ0) is 22.2. The van der Waals surface area contributed by atoms with E-state index in [1.54, 1.807) is 20.3 Å². The molecule has 1 aliphatic heterocycles. The fraction of sp³-hybridized carbons (Fsp3) is 0.500. The number of phenols is 1. The fourth-order valence-electron chi connectivity index (χ4n) is 4.13. The number of nitrogens with zero attached hydrogens (tertiary/aromatic N) is 2. The molecule has 7 nitrogen and oxygen atoms in total. The third-order valence-electron chi connectivity index (χ3n) is 5.72. The van der Waals surface area contributed by atoms with E-state index < -0.39 is 0 Å². The Bertz CT molecular complexity index is 822. The van der Waals surface area contributed by atoms with Crippen LogP contribution in [0.15, 0.2) is 36.4 Å². The van der Waals surface area contributed by atoms with Gasteiger partial charge in [-0.25, -0.2) is 0 Å². The van der Waals surface area contributed by atoms with Gasteiger partial charge in [0.2, 0.25) is 0 Å². The number of methoxy groups -OCH3 is 2. The van der Waals surface area contributed by atoms with Crippen LogP contribution >= 0.6 is 0 Å². The smallest absolute Gasteiger partial charge is 0.162 e. The largest absolute Gasteiger partial charge is 0.504 e. The highest BCUT2D eigenvalue weighted by atomic mass is 16.5. The second-order valence-electron chi connectivity index (χ2n) is 7.79. The summed E-state index contributed by atoms with van der Waals surface area (Å²) in [4.78, 5) is 4.73. The molecule has 0 unspecified atom stereocenters. The molecule has 2 aromatic rings. The predicted molar refractivity (Wildman–Crippen MR) is 120 cm³/mol. The van der Waals surface area contributed by atoms with Crippen molar-refractivity contribution >= 4 is 0 Å². The maximum absolute atomic E-state index is 10.5. The van der Waals surface area contributed by atoms with Gasteiger partial charge in [0.05, 0.1) is 20.8 Å². The first-order valence-electron chi connectivity index (χ1n) is 10.8. The molecule has 0 saturated carbocycles. The minimum absolute atomic E-state index is 0.140. The number of aliphatic hydroxyl groups excluding tert-OH is 1. The van der Waals surface area contributed by atoms with Crippen LogP contribution in [0.5, 0.6) is 23.0 Å². The van der Waals surface area contributed by atoms with Gasteiger partial charge in [-0.05, 0) is 37.1 Å². The summed E-state index contributed by atoms with van der Waals surface area (Å²) in [6.45, 7) is 6.54. The molecule has 1 saturated heterocycles. The SMILES string of the molecule is CCOc1cccc(CN2CCN(Cc3cc(OC)cc(OC)c3)[C@@H](CCO)C2)c1O. The summed E-state index contributed by atoms with van der Waals surface area (Å²) < 4.78 is 16.3. The average Bonchev–Trinajstić information content (AvgIpc) is 2.78. The Morgan fingerprint density at radius 2 is 1.77 bits per heavy atom. The first-order chi connectivity index (χ1) is 15.1. The molecule has 170 valence electrons. The minimum Gasteiger partial charge on any atom is -0.504 e. The molecule has 3 rings (SSSR count). The predicted octanol–water partition coefficient (Wildman–Crippen LogP) is 2.88. The lowest BCUT2D eigenvalue weighted by molar-refractivity contribution is 0.0495. The third kappa shape index (κ3) is 6.03. The number of para-hydroxylation sites is 1. The molecule has 7 heteroatoms. The highest BCUT2D eigenvalue weighted by Crippen LogP contribution is 2.31. The molecule has 0 aromatic heterocycles. The summed E-state index contributed by atoms with van der Waals surface area (Å²) in [5.74, 6) is 2.29. The number of rotatable bonds is 10. The maximum atomic E-state index is 10.5. The topological polar surface area (TPSA) is 74.6 Å². The molecule has 31 heavy (non-hydrogen) atoms. The van der Waals surface area contributed by atoms with Crippen molar-refractivity contribution in [1.82, 2.24) is 9.80 Å². The van der Waals surface area contributed by atoms with Gasteiger partial charge >= 0.3 is 0 Å². The number of piperazine rings is 1. The Morgan fingerprint density at radius 3 is 2.42 bits per heavy atom. The zero-order valence-corrected chi connectivity index (χ0v) is 18.7. The van der Waals surface area contributed by atoms with Gasteiger partial charge in [-0.15, -0.1) is 0 Å². The highest BCUT2D eigenvalue weighted by Gasteiger charge is 2.27. The van der Waals surface area contributed by atoms with Gasteiger partial charge in [0.25, 0.3) is 0 Å². The van der Waals surface area contributed by atoms with Crippen LogP contribution in [0.3, 0.4) is 0 Å². The van der Waals surface area contributed by atoms with Crippen LogP contribution in [-0.2, 0) is 13.1 Å². The number of hydrogen-bond acceptors (Lipinski definition) is 7. The molecule has 1 aliphatic rings. The Hall–Kier alpha value is -2.48. The van der Waals surface area contributed by atoms with Crippen molar-refractivity contribution in [1.29, 1.82) is 0 Å². The molecule has 0 bridgehead atoms. The molecule has 0 aliphatic carbocycles. The molecule has 1 fully saturated rings. The number of benzene rings is 2. The van der Waals surface area contributed by atoms with Crippen LogP contribution in [0, 0.1) is 0 Å². The quantitative estimate of drug-likeness (QED) is 0.600. The Labute approximate surface area is 184 Å². The van der Waals surface area contributed by atoms with Crippen LogP contribution in [-0.4, -0.2) is 73.1 Å². The molecule has 2 N–H and O–H groups in total. The van der Waals surface area contributed by atoms with Crippen molar-refractivity contribution in [2.24, 2.45) is 0 Å². The monoisotopic (exact) mass is 430 g/mol. The van der Waals surface area contributed by atoms with Gasteiger partial charge in [0.15, 0.2) is 11.5 Å². The van der Waals surface area contributed by atoms with E-state index in [0.717, 1.165) is 48.8 Å². The van der Waals surface area contributed by atoms with Gasteiger partial charge in [-0.2, -0.15) is 0 Å². The van der Waals surface area contributed by atoms with Crippen molar-refractivity contribution < 1.29 is 24.4 Å². The number of ether oxygens (including phenoxy) is 3. The molecule has 2 aromatic carbocycles. The summed E-state index contributed by atoms with van der Waals surface area (Å²) in [5, 5.41) is 20.2. The number of hydrogen-bond donors (Lipinski definition) is 2. The Morgan fingerprint density at radius 1 is 1.03 bits per heavy atom. The van der Waals surface area contributed by atoms with E-state index in [-0.39, 0.29) is 18.4 Å². The zero-order valence-electron chi connectivity index (χ0n) is 18.7. The van der Waals surface area contributed by atoms with Crippen LogP contribution in [0.25, 0.3) is 0 Å². The van der Waals surface area contributed by atoms with Crippen molar-refractivity contribution in [2.75, 3.05) is 47.1 Å². The van der Waals surface area contributed by atoms with Gasteiger partial charge < -0.3 is 24.4 Å². The number of aliphatic hydroxyl groups is 1. The number of aromatic hydroxyl groups is 1. The lowest BCUT2D eigenvalue weighted by Gasteiger charge is -2.41. The minimum atomic E-state index is 0.140. The lowest BCUT2D eigenvalue weighted by Crippen LogP contribution is -2.52. The Balaban J connectivity index is 1.69. The van der Waals surface area contributed by atoms with Crippen molar-refractivity contribution in [3.63, 3.8) is 0 Å². The maximum Gasteiger partial charge on any atom is 0.162 e. The first-order valence-corrected chi connectivity index (χ1v) is 10.8. The van der Waals surface area contributed by atoms with E-state index in [2.05, 4.69) is 9.80 Å². The molecule has 0 amide bonds. The third-order valence-corrected chi connectivity index (χ3v) is 5.72. The summed E-state index contributed by atoms with van der Waals surface area (Å²) in [6, 6.07) is 11.8. The summed E-state index contributed by atoms with van der Waals surface area (Å²) >= 11 is 0. The molecular formula is C24H34N2O5. The van der Waals surface area contributed by atoms with E-state index in [4.69, 9.17) is 14.2 Å². The van der Waals surface area contributed by atoms with Crippen molar-refractivity contribution in [3.8, 4) is 23.0 Å². The summed E-state index contributed by atoms with van der Waals surface area (Å²) in [6.07, 6.45) is 0.697. The second kappa shape index (κ2) is 11.2. The lowest BCUT2D eigenvalue weighted by atomic mass is 10.1. The van der Waals surface area contributed by atoms with E-state index in [0.29, 0.717) is 25.3 Å². The van der Waals surface area contributed by atoms with Gasteiger partial charge in [-0.1, -0.05) is 12.1 Å². The Kier molecular flexibility index (Phi) is 8.40. The van der Waals surface area contributed by atoms with Crippen LogP contribution in [0.1, 0.15) is 24.5 Å². The van der Waals surface area contributed by atoms with Crippen LogP contribution in [0.2, 0.25) is 0 Å². The van der Waals surface area contributed by atoms with E-state index in [9.17, 15) is 10.2 Å². The van der Waals surface area contributed by atoms with Crippen LogP contribution in [0.4, 0.5) is 0 Å². The fourth-order valence-corrected chi connectivity index (χ4v) is 4.13. The van der Waals surface area contributed by atoms with E-state index >= 15 is 0 Å². The second-order valence-corrected chi connectivity index (χ2v) is 7.79. The summed E-state index contributed by atoms with van der Waals surface area (Å²) in [7, 11) is 3.31. The van der Waals surface area contributed by atoms with Gasteiger partial charge in [0, 0.05) is 57.0 Å². The van der Waals surface area contributed by atoms with Crippen LogP contribution < -0.4 is 14.2 Å². The normalized spacial score (nSPS) is 17.5. The molecule has 1 heterocycles. The van der Waals surface area contributed by atoms with Gasteiger partial charge in [0.1, 0.15) is 11.5 Å². The summed E-state index contributed by atoms with van der Waals surface area (Å²) in [5.41, 5.74) is 1.98. The van der Waals surface area contributed by atoms with E-state index in [1.165, 1.54) is 0 Å². The molecule has 0 spiro atoms. The highest BCUT2D eigenvalue weighted by molar-refractivity contribution is 5.45. The first kappa shape index (κ1) is 23.2. The molecule has 0 radical (unpaired) electrons. The van der Waals surface area contributed by atoms with Crippen molar-refractivity contribution in [2.45, 2.75) is 32.5 Å². The van der Waals surface area contributed by atoms with Gasteiger partial charge in [-0.3, -0.25) is 9.80 Å². The van der Waals surface area contributed by atoms with Crippen molar-refractivity contribution in [3.05, 3.63) is 47.5 Å².